The van der Waals surface area contributed by atoms with Crippen molar-refractivity contribution in [1.82, 2.24) is 14.9 Å². The van der Waals surface area contributed by atoms with Crippen LogP contribution in [0.25, 0.3) is 0 Å². The fraction of sp³-hybridized carbons (Fsp3) is 0.389. The second-order valence-corrected chi connectivity index (χ2v) is 6.33. The lowest BCUT2D eigenvalue weighted by molar-refractivity contribution is -0.138. The Balaban J connectivity index is 1.52. The van der Waals surface area contributed by atoms with Gasteiger partial charge in [0, 0.05) is 12.1 Å². The molecule has 1 amide bonds. The number of benzene rings is 1. The summed E-state index contributed by atoms with van der Waals surface area (Å²) in [6, 6.07) is 5.72. The van der Waals surface area contributed by atoms with Gasteiger partial charge in [0.15, 0.2) is 11.5 Å². The molecular weight excluding hydrogens is 322 g/mol. The minimum absolute atomic E-state index is 0.0428. The SMILES string of the molecule is COc1cccc2c1OC[C@@H](C(=O)N1CCc3c(nc[nH]c3=O)C1)C2. The third-order valence-electron chi connectivity index (χ3n) is 4.85. The Hall–Kier alpha value is -2.83. The highest BCUT2D eigenvalue weighted by atomic mass is 16.5. The molecule has 2 aromatic rings. The van der Waals surface area contributed by atoms with Crippen molar-refractivity contribution < 1.29 is 14.3 Å². The Morgan fingerprint density at radius 2 is 2.32 bits per heavy atom. The topological polar surface area (TPSA) is 84.5 Å². The molecule has 0 saturated carbocycles. The average molecular weight is 341 g/mol. The van der Waals surface area contributed by atoms with Gasteiger partial charge in [0.05, 0.1) is 31.6 Å². The lowest BCUT2D eigenvalue weighted by Gasteiger charge is -2.33. The summed E-state index contributed by atoms with van der Waals surface area (Å²) in [6.07, 6.45) is 2.54. The molecule has 0 unspecified atom stereocenters. The van der Waals surface area contributed by atoms with E-state index in [1.165, 1.54) is 6.33 Å². The van der Waals surface area contributed by atoms with Crippen LogP contribution in [0, 0.1) is 5.92 Å². The van der Waals surface area contributed by atoms with Crippen LogP contribution in [0.3, 0.4) is 0 Å². The van der Waals surface area contributed by atoms with Crippen LogP contribution in [0.4, 0.5) is 0 Å². The quantitative estimate of drug-likeness (QED) is 0.878. The van der Waals surface area contributed by atoms with Crippen molar-refractivity contribution in [3.05, 3.63) is 51.7 Å². The van der Waals surface area contributed by atoms with Gasteiger partial charge in [0.1, 0.15) is 6.61 Å². The van der Waals surface area contributed by atoms with Crippen LogP contribution in [0.5, 0.6) is 11.5 Å². The number of nitrogens with zero attached hydrogens (tertiary/aromatic N) is 2. The van der Waals surface area contributed by atoms with Gasteiger partial charge in [-0.2, -0.15) is 0 Å². The molecule has 1 N–H and O–H groups in total. The summed E-state index contributed by atoms with van der Waals surface area (Å²) in [4.78, 5) is 33.3. The Labute approximate surface area is 144 Å². The van der Waals surface area contributed by atoms with Crippen LogP contribution < -0.4 is 15.0 Å². The molecule has 1 aromatic carbocycles. The van der Waals surface area contributed by atoms with E-state index in [-0.39, 0.29) is 17.4 Å². The van der Waals surface area contributed by atoms with Crippen LogP contribution in [0.2, 0.25) is 0 Å². The van der Waals surface area contributed by atoms with Gasteiger partial charge >= 0.3 is 0 Å². The summed E-state index contributed by atoms with van der Waals surface area (Å²) in [5.74, 6) is 1.23. The van der Waals surface area contributed by atoms with Gasteiger partial charge in [-0.25, -0.2) is 4.98 Å². The van der Waals surface area contributed by atoms with E-state index in [4.69, 9.17) is 9.47 Å². The third-order valence-corrected chi connectivity index (χ3v) is 4.85. The van der Waals surface area contributed by atoms with Crippen LogP contribution in [0.1, 0.15) is 16.8 Å². The number of methoxy groups -OCH3 is 1. The summed E-state index contributed by atoms with van der Waals surface area (Å²) >= 11 is 0. The smallest absolute Gasteiger partial charge is 0.254 e. The standard InChI is InChI=1S/C18H19N3O4/c1-24-15-4-2-3-11-7-12(9-25-16(11)15)18(23)21-6-5-13-14(8-21)19-10-20-17(13)22/h2-4,10,12H,5-9H2,1H3,(H,19,20,22)/t12-/m0/s1. The monoisotopic (exact) mass is 341 g/mol. The first-order valence-corrected chi connectivity index (χ1v) is 8.30. The van der Waals surface area contributed by atoms with E-state index in [0.29, 0.717) is 49.5 Å². The number of H-pyrrole nitrogens is 1. The molecule has 0 aliphatic carbocycles. The molecule has 0 bridgehead atoms. The molecular formula is C18H19N3O4. The summed E-state index contributed by atoms with van der Waals surface area (Å²) in [6.45, 7) is 1.24. The van der Waals surface area contributed by atoms with Gasteiger partial charge in [0.2, 0.25) is 5.91 Å². The molecule has 4 rings (SSSR count). The summed E-state index contributed by atoms with van der Waals surface area (Å²) in [5.41, 5.74) is 2.23. The Morgan fingerprint density at radius 3 is 3.16 bits per heavy atom. The molecule has 25 heavy (non-hydrogen) atoms. The third kappa shape index (κ3) is 2.75. The first-order valence-electron chi connectivity index (χ1n) is 8.30. The zero-order valence-electron chi connectivity index (χ0n) is 13.9. The number of carbonyl (C=O) groups excluding carboxylic acids is 1. The number of amides is 1. The Kier molecular flexibility index (Phi) is 3.91. The number of para-hydroxylation sites is 1. The van der Waals surface area contributed by atoms with E-state index >= 15 is 0 Å². The minimum atomic E-state index is -0.233. The van der Waals surface area contributed by atoms with Gasteiger partial charge in [-0.1, -0.05) is 12.1 Å². The molecule has 0 spiro atoms. The molecule has 1 atom stereocenters. The number of aromatic amines is 1. The number of fused-ring (bicyclic) bond motifs is 2. The van der Waals surface area contributed by atoms with Crippen molar-refractivity contribution in [1.29, 1.82) is 0 Å². The summed E-state index contributed by atoms with van der Waals surface area (Å²) in [5, 5.41) is 0. The second-order valence-electron chi connectivity index (χ2n) is 6.33. The molecule has 0 fully saturated rings. The van der Waals surface area contributed by atoms with E-state index in [9.17, 15) is 9.59 Å². The number of hydrogen-bond donors (Lipinski definition) is 1. The fourth-order valence-electron chi connectivity index (χ4n) is 3.53. The lowest BCUT2D eigenvalue weighted by Crippen LogP contribution is -2.44. The van der Waals surface area contributed by atoms with E-state index in [0.717, 1.165) is 11.3 Å². The molecule has 130 valence electrons. The van der Waals surface area contributed by atoms with Gasteiger partial charge in [-0.15, -0.1) is 0 Å². The zero-order chi connectivity index (χ0) is 17.4. The normalized spacial score (nSPS) is 18.8. The van der Waals surface area contributed by atoms with Crippen molar-refractivity contribution in [2.24, 2.45) is 5.92 Å². The average Bonchev–Trinajstić information content (AvgIpc) is 2.66. The minimum Gasteiger partial charge on any atom is -0.493 e. The number of hydrogen-bond acceptors (Lipinski definition) is 5. The van der Waals surface area contributed by atoms with E-state index in [2.05, 4.69) is 9.97 Å². The van der Waals surface area contributed by atoms with E-state index in [1.54, 1.807) is 12.0 Å². The van der Waals surface area contributed by atoms with Crippen molar-refractivity contribution in [3.63, 3.8) is 0 Å². The van der Waals surface area contributed by atoms with E-state index in [1.807, 2.05) is 18.2 Å². The number of carbonyl (C=O) groups is 1. The van der Waals surface area contributed by atoms with Crippen molar-refractivity contribution >= 4 is 5.91 Å². The predicted octanol–water partition coefficient (Wildman–Crippen LogP) is 0.914. The molecule has 7 nitrogen and oxygen atoms in total. The van der Waals surface area contributed by atoms with Crippen LogP contribution in [-0.2, 0) is 24.2 Å². The highest BCUT2D eigenvalue weighted by Gasteiger charge is 2.33. The Morgan fingerprint density at radius 1 is 1.44 bits per heavy atom. The highest BCUT2D eigenvalue weighted by Crippen LogP contribution is 2.36. The first kappa shape index (κ1) is 15.7. The number of nitrogens with one attached hydrogen (secondary N) is 1. The molecule has 0 radical (unpaired) electrons. The van der Waals surface area contributed by atoms with Crippen LogP contribution in [0.15, 0.2) is 29.3 Å². The summed E-state index contributed by atoms with van der Waals surface area (Å²) in [7, 11) is 1.61. The molecule has 2 aliphatic heterocycles. The molecule has 7 heteroatoms. The van der Waals surface area contributed by atoms with Crippen molar-refractivity contribution in [2.75, 3.05) is 20.3 Å². The van der Waals surface area contributed by atoms with Gasteiger partial charge in [-0.3, -0.25) is 9.59 Å². The van der Waals surface area contributed by atoms with Crippen molar-refractivity contribution in [2.45, 2.75) is 19.4 Å². The Bertz CT molecular complexity index is 877. The van der Waals surface area contributed by atoms with E-state index < -0.39 is 0 Å². The second kappa shape index (κ2) is 6.23. The van der Waals surface area contributed by atoms with Gasteiger partial charge < -0.3 is 19.4 Å². The fourth-order valence-corrected chi connectivity index (χ4v) is 3.53. The lowest BCUT2D eigenvalue weighted by atomic mass is 9.94. The maximum Gasteiger partial charge on any atom is 0.254 e. The maximum absolute atomic E-state index is 12.9. The maximum atomic E-state index is 12.9. The van der Waals surface area contributed by atoms with Gasteiger partial charge in [0.25, 0.3) is 5.56 Å². The highest BCUT2D eigenvalue weighted by molar-refractivity contribution is 5.80. The zero-order valence-corrected chi connectivity index (χ0v) is 13.9. The number of rotatable bonds is 2. The van der Waals surface area contributed by atoms with Gasteiger partial charge in [-0.05, 0) is 24.5 Å². The van der Waals surface area contributed by atoms with Crippen molar-refractivity contribution in [3.8, 4) is 11.5 Å². The number of ether oxygens (including phenoxy) is 2. The molecule has 0 saturated heterocycles. The summed E-state index contributed by atoms with van der Waals surface area (Å²) < 4.78 is 11.1. The molecule has 3 heterocycles. The van der Waals surface area contributed by atoms with Crippen LogP contribution >= 0.6 is 0 Å². The number of aromatic nitrogens is 2. The van der Waals surface area contributed by atoms with Crippen LogP contribution in [-0.4, -0.2) is 41.0 Å². The first-order chi connectivity index (χ1) is 12.2. The largest absolute Gasteiger partial charge is 0.493 e. The molecule has 1 aromatic heterocycles. The predicted molar refractivity (Wildman–Crippen MR) is 89.7 cm³/mol. The molecule has 2 aliphatic rings.